The molecule has 0 saturated heterocycles. The Kier molecular flexibility index (Phi) is 8.27. The molecule has 36 heavy (non-hydrogen) atoms. The molecule has 4 rings (SSSR count). The van der Waals surface area contributed by atoms with Gasteiger partial charge in [-0.25, -0.2) is 9.82 Å². The third kappa shape index (κ3) is 6.93. The molecule has 0 aliphatic carbocycles. The Morgan fingerprint density at radius 1 is 0.833 bits per heavy atom. The number of benzene rings is 4. The smallest absolute Gasteiger partial charge is 0.271 e. The number of amides is 1. The molecule has 182 valence electrons. The predicted molar refractivity (Wildman–Crippen MR) is 136 cm³/mol. The van der Waals surface area contributed by atoms with Crippen molar-refractivity contribution in [2.24, 2.45) is 5.10 Å². The van der Waals surface area contributed by atoms with E-state index in [1.807, 2.05) is 30.3 Å². The van der Waals surface area contributed by atoms with Crippen LogP contribution >= 0.6 is 0 Å². The number of carbonyl (C=O) groups is 1. The molecule has 0 saturated carbocycles. The number of ether oxygens (including phenoxy) is 3. The van der Waals surface area contributed by atoms with Crippen LogP contribution in [0.15, 0.2) is 102 Å². The van der Waals surface area contributed by atoms with Gasteiger partial charge in [-0.1, -0.05) is 42.5 Å². The van der Waals surface area contributed by atoms with Gasteiger partial charge in [0.1, 0.15) is 24.8 Å². The summed E-state index contributed by atoms with van der Waals surface area (Å²) in [6, 6.07) is 28.2. The van der Waals surface area contributed by atoms with Crippen molar-refractivity contribution in [2.45, 2.75) is 13.2 Å². The fourth-order valence-corrected chi connectivity index (χ4v) is 3.34. The van der Waals surface area contributed by atoms with E-state index in [4.69, 9.17) is 14.2 Å². The number of nitrogens with one attached hydrogen (secondary N) is 1. The maximum Gasteiger partial charge on any atom is 0.271 e. The molecule has 0 spiro atoms. The van der Waals surface area contributed by atoms with Crippen LogP contribution in [0.25, 0.3) is 0 Å². The van der Waals surface area contributed by atoms with Crippen molar-refractivity contribution in [1.82, 2.24) is 5.43 Å². The van der Waals surface area contributed by atoms with E-state index in [9.17, 15) is 9.18 Å². The Hall–Kier alpha value is -4.65. The minimum absolute atomic E-state index is 0.265. The number of nitrogens with zero attached hydrogens (tertiary/aromatic N) is 1. The standard InChI is InChI=1S/C29H25FN2O4/c1-34-28-17-24(12-15-27(28)36-19-22-6-3-2-4-7-22)29(33)32-31-18-21-10-13-26(14-11-21)35-20-23-8-5-9-25(30)16-23/h2-18H,19-20H2,1H3,(H,32,33)/b31-18+. The van der Waals surface area contributed by atoms with E-state index in [0.29, 0.717) is 29.4 Å². The summed E-state index contributed by atoms with van der Waals surface area (Å²) in [6.45, 7) is 0.655. The first-order chi connectivity index (χ1) is 17.6. The van der Waals surface area contributed by atoms with E-state index in [1.165, 1.54) is 25.5 Å². The molecule has 0 aliphatic heterocycles. The first kappa shape index (κ1) is 24.5. The van der Waals surface area contributed by atoms with Gasteiger partial charge in [-0.15, -0.1) is 0 Å². The van der Waals surface area contributed by atoms with Crippen molar-refractivity contribution in [3.63, 3.8) is 0 Å². The molecule has 0 radical (unpaired) electrons. The van der Waals surface area contributed by atoms with Crippen molar-refractivity contribution in [2.75, 3.05) is 7.11 Å². The van der Waals surface area contributed by atoms with E-state index in [1.54, 1.807) is 54.6 Å². The highest BCUT2D eigenvalue weighted by Gasteiger charge is 2.11. The van der Waals surface area contributed by atoms with E-state index in [-0.39, 0.29) is 18.3 Å². The van der Waals surface area contributed by atoms with E-state index < -0.39 is 0 Å². The highest BCUT2D eigenvalue weighted by Crippen LogP contribution is 2.29. The molecule has 0 heterocycles. The van der Waals surface area contributed by atoms with Gasteiger partial charge in [0, 0.05) is 5.56 Å². The van der Waals surface area contributed by atoms with Crippen LogP contribution in [0.2, 0.25) is 0 Å². The van der Waals surface area contributed by atoms with Gasteiger partial charge in [-0.2, -0.15) is 5.10 Å². The number of hydrogen-bond acceptors (Lipinski definition) is 5. The molecule has 4 aromatic rings. The van der Waals surface area contributed by atoms with Gasteiger partial charge in [0.05, 0.1) is 13.3 Å². The van der Waals surface area contributed by atoms with Crippen LogP contribution in [0.1, 0.15) is 27.0 Å². The van der Waals surface area contributed by atoms with E-state index >= 15 is 0 Å². The minimum Gasteiger partial charge on any atom is -0.493 e. The number of halogens is 1. The number of rotatable bonds is 10. The van der Waals surface area contributed by atoms with Gasteiger partial charge < -0.3 is 14.2 Å². The predicted octanol–water partition coefficient (Wildman–Crippen LogP) is 5.76. The second-order valence-corrected chi connectivity index (χ2v) is 7.83. The molecule has 4 aromatic carbocycles. The molecule has 1 N–H and O–H groups in total. The number of hydrazone groups is 1. The van der Waals surface area contributed by atoms with Crippen molar-refractivity contribution >= 4 is 12.1 Å². The zero-order valence-electron chi connectivity index (χ0n) is 19.7. The van der Waals surface area contributed by atoms with Gasteiger partial charge in [0.15, 0.2) is 11.5 Å². The zero-order chi connectivity index (χ0) is 25.2. The second-order valence-electron chi connectivity index (χ2n) is 7.83. The Bertz CT molecular complexity index is 1320. The van der Waals surface area contributed by atoms with Crippen molar-refractivity contribution in [1.29, 1.82) is 0 Å². The second kappa shape index (κ2) is 12.2. The average Bonchev–Trinajstić information content (AvgIpc) is 2.92. The number of methoxy groups -OCH3 is 1. The summed E-state index contributed by atoms with van der Waals surface area (Å²) >= 11 is 0. The first-order valence-electron chi connectivity index (χ1n) is 11.3. The third-order valence-electron chi connectivity index (χ3n) is 5.22. The lowest BCUT2D eigenvalue weighted by atomic mass is 10.2. The van der Waals surface area contributed by atoms with Gasteiger partial charge in [-0.05, 0) is 71.3 Å². The van der Waals surface area contributed by atoms with Crippen LogP contribution in [0.4, 0.5) is 4.39 Å². The number of carbonyl (C=O) groups excluding carboxylic acids is 1. The topological polar surface area (TPSA) is 69.2 Å². The summed E-state index contributed by atoms with van der Waals surface area (Å²) in [6.07, 6.45) is 1.53. The summed E-state index contributed by atoms with van der Waals surface area (Å²) in [7, 11) is 1.52. The van der Waals surface area contributed by atoms with Gasteiger partial charge in [0.25, 0.3) is 5.91 Å². The average molecular weight is 485 g/mol. The number of hydrogen-bond donors (Lipinski definition) is 1. The van der Waals surface area contributed by atoms with Crippen LogP contribution in [0, 0.1) is 5.82 Å². The fourth-order valence-electron chi connectivity index (χ4n) is 3.34. The first-order valence-corrected chi connectivity index (χ1v) is 11.3. The van der Waals surface area contributed by atoms with Crippen molar-refractivity contribution in [3.8, 4) is 17.2 Å². The van der Waals surface area contributed by atoms with Crippen LogP contribution < -0.4 is 19.6 Å². The normalized spacial score (nSPS) is 10.7. The summed E-state index contributed by atoms with van der Waals surface area (Å²) < 4.78 is 30.2. The Balaban J connectivity index is 1.29. The molecular weight excluding hydrogens is 459 g/mol. The third-order valence-corrected chi connectivity index (χ3v) is 5.22. The molecule has 0 aromatic heterocycles. The lowest BCUT2D eigenvalue weighted by Gasteiger charge is -2.12. The molecule has 7 heteroatoms. The summed E-state index contributed by atoms with van der Waals surface area (Å²) in [4.78, 5) is 12.5. The van der Waals surface area contributed by atoms with Crippen LogP contribution in [-0.4, -0.2) is 19.2 Å². The maximum atomic E-state index is 13.3. The van der Waals surface area contributed by atoms with Crippen LogP contribution in [0.3, 0.4) is 0 Å². The van der Waals surface area contributed by atoms with Gasteiger partial charge in [0.2, 0.25) is 0 Å². The maximum absolute atomic E-state index is 13.3. The molecule has 0 aliphatic rings. The molecule has 0 atom stereocenters. The van der Waals surface area contributed by atoms with E-state index in [2.05, 4.69) is 10.5 Å². The monoisotopic (exact) mass is 484 g/mol. The zero-order valence-corrected chi connectivity index (χ0v) is 19.7. The SMILES string of the molecule is COc1cc(C(=O)N/N=C/c2ccc(OCc3cccc(F)c3)cc2)ccc1OCc1ccccc1. The van der Waals surface area contributed by atoms with Crippen molar-refractivity contribution in [3.05, 3.63) is 125 Å². The van der Waals surface area contributed by atoms with Gasteiger partial charge in [-0.3, -0.25) is 4.79 Å². The van der Waals surface area contributed by atoms with Crippen LogP contribution in [-0.2, 0) is 13.2 Å². The highest BCUT2D eigenvalue weighted by molar-refractivity contribution is 5.95. The van der Waals surface area contributed by atoms with E-state index in [0.717, 1.165) is 16.7 Å². The Morgan fingerprint density at radius 2 is 1.58 bits per heavy atom. The Morgan fingerprint density at radius 3 is 2.33 bits per heavy atom. The lowest BCUT2D eigenvalue weighted by Crippen LogP contribution is -2.17. The minimum atomic E-state index is -0.380. The molecule has 6 nitrogen and oxygen atoms in total. The highest BCUT2D eigenvalue weighted by atomic mass is 19.1. The van der Waals surface area contributed by atoms with Crippen molar-refractivity contribution < 1.29 is 23.4 Å². The largest absolute Gasteiger partial charge is 0.493 e. The molecule has 0 fully saturated rings. The molecular formula is C29H25FN2O4. The van der Waals surface area contributed by atoms with Crippen LogP contribution in [0.5, 0.6) is 17.2 Å². The quantitative estimate of drug-likeness (QED) is 0.230. The summed E-state index contributed by atoms with van der Waals surface area (Å²) in [5.41, 5.74) is 5.45. The Labute approximate surface area is 209 Å². The molecule has 1 amide bonds. The lowest BCUT2D eigenvalue weighted by molar-refractivity contribution is 0.0954. The summed E-state index contributed by atoms with van der Waals surface area (Å²) in [5, 5.41) is 4.03. The molecule has 0 unspecified atom stereocenters. The van der Waals surface area contributed by atoms with Gasteiger partial charge >= 0.3 is 0 Å². The molecule has 0 bridgehead atoms. The summed E-state index contributed by atoms with van der Waals surface area (Å²) in [5.74, 6) is 0.962. The fraction of sp³-hybridized carbons (Fsp3) is 0.103.